The van der Waals surface area contributed by atoms with Crippen LogP contribution in [0.4, 0.5) is 11.4 Å². The molecule has 0 spiro atoms. The molecule has 4 N–H and O–H groups in total. The average Bonchev–Trinajstić information content (AvgIpc) is 2.30. The first-order chi connectivity index (χ1) is 8.13. The lowest BCUT2D eigenvalue weighted by Gasteiger charge is -2.10. The van der Waals surface area contributed by atoms with Gasteiger partial charge in [0.05, 0.1) is 19.0 Å². The number of hydrogen-bond donors (Lipinski definition) is 2. The Balaban J connectivity index is 2.60. The number of rotatable bonds is 2. The largest absolute Gasteiger partial charge is 0.493 e. The van der Waals surface area contributed by atoms with Gasteiger partial charge in [0, 0.05) is 29.2 Å². The van der Waals surface area contributed by atoms with Crippen LogP contribution in [0.5, 0.6) is 5.75 Å². The SMILES string of the molecule is COc1cncc(-c2cnc(Cl)cc2N)c1N. The molecule has 0 bridgehead atoms. The van der Waals surface area contributed by atoms with Crippen LogP contribution in [-0.4, -0.2) is 17.1 Å². The quantitative estimate of drug-likeness (QED) is 0.796. The van der Waals surface area contributed by atoms with E-state index in [4.69, 9.17) is 27.8 Å². The molecule has 0 aliphatic heterocycles. The lowest BCUT2D eigenvalue weighted by atomic mass is 10.1. The maximum atomic E-state index is 5.95. The van der Waals surface area contributed by atoms with Gasteiger partial charge in [0.25, 0.3) is 0 Å². The van der Waals surface area contributed by atoms with Gasteiger partial charge in [0.2, 0.25) is 0 Å². The second-order valence-electron chi connectivity index (χ2n) is 3.40. The van der Waals surface area contributed by atoms with Crippen molar-refractivity contribution in [3.63, 3.8) is 0 Å². The highest BCUT2D eigenvalue weighted by molar-refractivity contribution is 6.29. The Kier molecular flexibility index (Phi) is 3.01. The van der Waals surface area contributed by atoms with Gasteiger partial charge in [-0.25, -0.2) is 4.98 Å². The number of ether oxygens (including phenoxy) is 1. The van der Waals surface area contributed by atoms with Gasteiger partial charge in [0.15, 0.2) is 5.75 Å². The second kappa shape index (κ2) is 4.47. The minimum Gasteiger partial charge on any atom is -0.493 e. The topological polar surface area (TPSA) is 87.0 Å². The maximum Gasteiger partial charge on any atom is 0.160 e. The van der Waals surface area contributed by atoms with Crippen LogP contribution < -0.4 is 16.2 Å². The van der Waals surface area contributed by atoms with E-state index in [2.05, 4.69) is 9.97 Å². The monoisotopic (exact) mass is 250 g/mol. The molecule has 88 valence electrons. The summed E-state index contributed by atoms with van der Waals surface area (Å²) in [5.41, 5.74) is 14.1. The number of methoxy groups -OCH3 is 1. The van der Waals surface area contributed by atoms with E-state index in [0.717, 1.165) is 0 Å². The molecule has 6 heteroatoms. The van der Waals surface area contributed by atoms with Crippen molar-refractivity contribution < 1.29 is 4.74 Å². The lowest BCUT2D eigenvalue weighted by Crippen LogP contribution is -1.99. The molecular formula is C11H11ClN4O. The van der Waals surface area contributed by atoms with Crippen molar-refractivity contribution in [1.82, 2.24) is 9.97 Å². The molecule has 0 radical (unpaired) electrons. The molecule has 0 fully saturated rings. The molecule has 0 saturated carbocycles. The molecule has 2 rings (SSSR count). The molecule has 2 aromatic heterocycles. The lowest BCUT2D eigenvalue weighted by molar-refractivity contribution is 0.415. The Morgan fingerprint density at radius 1 is 1.18 bits per heavy atom. The Morgan fingerprint density at radius 3 is 2.59 bits per heavy atom. The minimum atomic E-state index is 0.334. The highest BCUT2D eigenvalue weighted by Gasteiger charge is 2.11. The molecule has 0 aliphatic carbocycles. The summed E-state index contributed by atoms with van der Waals surface area (Å²) in [5.74, 6) is 0.497. The number of nitrogen functional groups attached to an aromatic ring is 2. The van der Waals surface area contributed by atoms with E-state index in [-0.39, 0.29) is 0 Å². The number of anilines is 2. The zero-order chi connectivity index (χ0) is 12.4. The van der Waals surface area contributed by atoms with E-state index in [1.54, 1.807) is 24.7 Å². The van der Waals surface area contributed by atoms with Gasteiger partial charge in [-0.3, -0.25) is 4.98 Å². The normalized spacial score (nSPS) is 10.2. The molecule has 0 saturated heterocycles. The fourth-order valence-electron chi connectivity index (χ4n) is 1.50. The van der Waals surface area contributed by atoms with Crippen LogP contribution in [-0.2, 0) is 0 Å². The van der Waals surface area contributed by atoms with E-state index in [1.165, 1.54) is 7.11 Å². The summed E-state index contributed by atoms with van der Waals surface area (Å²) in [5, 5.41) is 0.334. The summed E-state index contributed by atoms with van der Waals surface area (Å²) in [7, 11) is 1.53. The highest BCUT2D eigenvalue weighted by atomic mass is 35.5. The molecule has 0 aliphatic rings. The number of nitrogens with zero attached hydrogens (tertiary/aromatic N) is 2. The predicted molar refractivity (Wildman–Crippen MR) is 67.9 cm³/mol. The van der Waals surface area contributed by atoms with Crippen LogP contribution >= 0.6 is 11.6 Å². The molecule has 0 amide bonds. The van der Waals surface area contributed by atoms with E-state index >= 15 is 0 Å². The molecule has 0 unspecified atom stereocenters. The fourth-order valence-corrected chi connectivity index (χ4v) is 1.66. The van der Waals surface area contributed by atoms with Gasteiger partial charge < -0.3 is 16.2 Å². The summed E-state index contributed by atoms with van der Waals surface area (Å²) >= 11 is 5.74. The van der Waals surface area contributed by atoms with Crippen molar-refractivity contribution in [2.75, 3.05) is 18.6 Å². The predicted octanol–water partition coefficient (Wildman–Crippen LogP) is 1.97. The number of pyridine rings is 2. The number of halogens is 1. The van der Waals surface area contributed by atoms with Crippen molar-refractivity contribution >= 4 is 23.0 Å². The smallest absolute Gasteiger partial charge is 0.160 e. The van der Waals surface area contributed by atoms with E-state index in [9.17, 15) is 0 Å². The summed E-state index contributed by atoms with van der Waals surface area (Å²) in [6.07, 6.45) is 4.71. The highest BCUT2D eigenvalue weighted by Crippen LogP contribution is 2.35. The molecule has 17 heavy (non-hydrogen) atoms. The average molecular weight is 251 g/mol. The first-order valence-corrected chi connectivity index (χ1v) is 5.20. The molecule has 2 heterocycles. The number of hydrogen-bond acceptors (Lipinski definition) is 5. The van der Waals surface area contributed by atoms with Crippen LogP contribution in [0.1, 0.15) is 0 Å². The van der Waals surface area contributed by atoms with Crippen LogP contribution in [0.2, 0.25) is 5.15 Å². The van der Waals surface area contributed by atoms with Crippen LogP contribution in [0.3, 0.4) is 0 Å². The third kappa shape index (κ3) is 2.09. The Morgan fingerprint density at radius 2 is 1.94 bits per heavy atom. The number of nitrogens with two attached hydrogens (primary N) is 2. The summed E-state index contributed by atoms with van der Waals surface area (Å²) in [6, 6.07) is 1.57. The molecule has 5 nitrogen and oxygen atoms in total. The van der Waals surface area contributed by atoms with Gasteiger partial charge in [-0.05, 0) is 6.07 Å². The summed E-state index contributed by atoms with van der Waals surface area (Å²) in [4.78, 5) is 8.01. The summed E-state index contributed by atoms with van der Waals surface area (Å²) < 4.78 is 5.10. The van der Waals surface area contributed by atoms with E-state index in [0.29, 0.717) is 33.4 Å². The minimum absolute atomic E-state index is 0.334. The first kappa shape index (κ1) is 11.5. The van der Waals surface area contributed by atoms with Crippen molar-refractivity contribution in [3.05, 3.63) is 29.8 Å². The van der Waals surface area contributed by atoms with E-state index in [1.807, 2.05) is 0 Å². The van der Waals surface area contributed by atoms with Crippen molar-refractivity contribution in [3.8, 4) is 16.9 Å². The van der Waals surface area contributed by atoms with Crippen molar-refractivity contribution in [2.24, 2.45) is 0 Å². The Bertz CT molecular complexity index is 559. The molecule has 0 atom stereocenters. The van der Waals surface area contributed by atoms with Crippen molar-refractivity contribution in [2.45, 2.75) is 0 Å². The van der Waals surface area contributed by atoms with Crippen LogP contribution in [0, 0.1) is 0 Å². The second-order valence-corrected chi connectivity index (χ2v) is 3.78. The van der Waals surface area contributed by atoms with Crippen molar-refractivity contribution in [1.29, 1.82) is 0 Å². The molecule has 0 aromatic carbocycles. The fraction of sp³-hybridized carbons (Fsp3) is 0.0909. The van der Waals surface area contributed by atoms with Gasteiger partial charge in [0.1, 0.15) is 5.15 Å². The van der Waals surface area contributed by atoms with Crippen LogP contribution in [0.15, 0.2) is 24.7 Å². The Hall–Kier alpha value is -2.01. The molecule has 2 aromatic rings. The Labute approximate surface area is 103 Å². The van der Waals surface area contributed by atoms with Crippen LogP contribution in [0.25, 0.3) is 11.1 Å². The van der Waals surface area contributed by atoms with Gasteiger partial charge in [-0.1, -0.05) is 11.6 Å². The van der Waals surface area contributed by atoms with Gasteiger partial charge in [-0.2, -0.15) is 0 Å². The van der Waals surface area contributed by atoms with Gasteiger partial charge >= 0.3 is 0 Å². The maximum absolute atomic E-state index is 5.95. The standard InChI is InChI=1S/C11H11ClN4O/c1-17-9-5-15-3-7(11(9)14)6-4-16-10(12)2-8(6)13/h2-5H,1H3,(H2,13,16)(H2,14,15). The third-order valence-corrected chi connectivity index (χ3v) is 2.57. The van der Waals surface area contributed by atoms with Gasteiger partial charge in [-0.15, -0.1) is 0 Å². The first-order valence-electron chi connectivity index (χ1n) is 4.82. The molecular weight excluding hydrogens is 240 g/mol. The zero-order valence-corrected chi connectivity index (χ0v) is 9.90. The third-order valence-electron chi connectivity index (χ3n) is 2.36. The number of aromatic nitrogens is 2. The zero-order valence-electron chi connectivity index (χ0n) is 9.14. The summed E-state index contributed by atoms with van der Waals surface area (Å²) in [6.45, 7) is 0. The van der Waals surface area contributed by atoms with E-state index < -0.39 is 0 Å².